The molecule has 5 rings (SSSR count). The van der Waals surface area contributed by atoms with Crippen LogP contribution >= 0.6 is 11.6 Å². The van der Waals surface area contributed by atoms with Crippen LogP contribution in [0, 0.1) is 5.92 Å². The van der Waals surface area contributed by atoms with Crippen molar-refractivity contribution in [3.05, 3.63) is 34.5 Å². The highest BCUT2D eigenvalue weighted by Gasteiger charge is 2.37. The average molecular weight is 464 g/mol. The highest BCUT2D eigenvalue weighted by atomic mass is 35.5. The summed E-state index contributed by atoms with van der Waals surface area (Å²) >= 11 is 6.27. The standard InChI is InChI=1S/C25H32ClF2N3O/c26-18-5-6-21-20(16-18)19-7-12-31(22(24(19)29-21)15-17-3-1-2-4-17)23(32)8-11-30-13-9-25(27,28)10-14-30/h5-6,16-17,22,29H,1-4,7-15H2. The molecule has 1 saturated heterocycles. The molecule has 1 amide bonds. The van der Waals surface area contributed by atoms with Gasteiger partial charge in [-0.25, -0.2) is 8.78 Å². The van der Waals surface area contributed by atoms with Gasteiger partial charge >= 0.3 is 0 Å². The number of carbonyl (C=O) groups is 1. The van der Waals surface area contributed by atoms with Crippen LogP contribution in [0.5, 0.6) is 0 Å². The van der Waals surface area contributed by atoms with Gasteiger partial charge in [-0.3, -0.25) is 4.79 Å². The van der Waals surface area contributed by atoms with E-state index in [4.69, 9.17) is 11.6 Å². The molecular weight excluding hydrogens is 432 g/mol. The van der Waals surface area contributed by atoms with E-state index in [2.05, 4.69) is 9.88 Å². The number of amides is 1. The van der Waals surface area contributed by atoms with Crippen molar-refractivity contribution in [2.45, 2.75) is 69.8 Å². The first-order valence-electron chi connectivity index (χ1n) is 12.1. The van der Waals surface area contributed by atoms with Crippen LogP contribution in [0.4, 0.5) is 8.78 Å². The van der Waals surface area contributed by atoms with Crippen LogP contribution in [0.3, 0.4) is 0 Å². The van der Waals surface area contributed by atoms with Crippen molar-refractivity contribution in [1.29, 1.82) is 0 Å². The lowest BCUT2D eigenvalue weighted by atomic mass is 9.89. The van der Waals surface area contributed by atoms with Crippen molar-refractivity contribution in [2.24, 2.45) is 5.92 Å². The lowest BCUT2D eigenvalue weighted by Crippen LogP contribution is -2.44. The first-order valence-corrected chi connectivity index (χ1v) is 12.5. The highest BCUT2D eigenvalue weighted by Crippen LogP contribution is 2.42. The van der Waals surface area contributed by atoms with E-state index in [1.165, 1.54) is 42.3 Å². The number of carbonyl (C=O) groups excluding carboxylic acids is 1. The largest absolute Gasteiger partial charge is 0.356 e. The van der Waals surface area contributed by atoms with Crippen molar-refractivity contribution in [2.75, 3.05) is 26.2 Å². The summed E-state index contributed by atoms with van der Waals surface area (Å²) in [4.78, 5) is 21.0. The fourth-order valence-corrected chi connectivity index (χ4v) is 6.12. The molecule has 3 aliphatic rings. The van der Waals surface area contributed by atoms with E-state index in [0.717, 1.165) is 23.4 Å². The van der Waals surface area contributed by atoms with E-state index >= 15 is 0 Å². The minimum Gasteiger partial charge on any atom is -0.356 e. The molecule has 1 N–H and O–H groups in total. The third-order valence-corrected chi connectivity index (χ3v) is 8.03. The third-order valence-electron chi connectivity index (χ3n) is 7.79. The molecule has 1 aromatic carbocycles. The zero-order valence-corrected chi connectivity index (χ0v) is 19.3. The van der Waals surface area contributed by atoms with Crippen LogP contribution < -0.4 is 0 Å². The van der Waals surface area contributed by atoms with E-state index in [-0.39, 0.29) is 24.8 Å². The quantitative estimate of drug-likeness (QED) is 0.595. The molecule has 1 aliphatic carbocycles. The predicted octanol–water partition coefficient (Wildman–Crippen LogP) is 5.95. The maximum atomic E-state index is 13.5. The molecule has 2 fully saturated rings. The number of piperidine rings is 1. The molecule has 1 atom stereocenters. The second-order valence-corrected chi connectivity index (χ2v) is 10.3. The van der Waals surface area contributed by atoms with Gasteiger partial charge in [0.25, 0.3) is 5.92 Å². The maximum absolute atomic E-state index is 13.5. The van der Waals surface area contributed by atoms with Crippen LogP contribution in [-0.4, -0.2) is 52.8 Å². The van der Waals surface area contributed by atoms with Crippen LogP contribution in [-0.2, 0) is 11.2 Å². The summed E-state index contributed by atoms with van der Waals surface area (Å²) in [5, 5.41) is 1.91. The topological polar surface area (TPSA) is 39.3 Å². The van der Waals surface area contributed by atoms with Gasteiger partial charge in [0.05, 0.1) is 6.04 Å². The van der Waals surface area contributed by atoms with Crippen molar-refractivity contribution in [3.63, 3.8) is 0 Å². The molecule has 4 nitrogen and oxygen atoms in total. The zero-order valence-electron chi connectivity index (χ0n) is 18.5. The fourth-order valence-electron chi connectivity index (χ4n) is 5.95. The number of aromatic nitrogens is 1. The maximum Gasteiger partial charge on any atom is 0.250 e. The van der Waals surface area contributed by atoms with Gasteiger partial charge in [-0.2, -0.15) is 0 Å². The number of H-pyrrole nitrogens is 1. The van der Waals surface area contributed by atoms with Crippen LogP contribution in [0.2, 0.25) is 5.02 Å². The molecular formula is C25H32ClF2N3O. The van der Waals surface area contributed by atoms with Crippen LogP contribution in [0.1, 0.15) is 68.7 Å². The number of hydrogen-bond donors (Lipinski definition) is 1. The number of halogens is 3. The first kappa shape index (κ1) is 22.1. The summed E-state index contributed by atoms with van der Waals surface area (Å²) in [6.45, 7) is 2.02. The highest BCUT2D eigenvalue weighted by molar-refractivity contribution is 6.31. The molecule has 1 saturated carbocycles. The smallest absolute Gasteiger partial charge is 0.250 e. The number of nitrogens with zero attached hydrogens (tertiary/aromatic N) is 2. The molecule has 3 heterocycles. The van der Waals surface area contributed by atoms with E-state index < -0.39 is 5.92 Å². The lowest BCUT2D eigenvalue weighted by Gasteiger charge is -2.38. The Hall–Kier alpha value is -1.66. The molecule has 174 valence electrons. The van der Waals surface area contributed by atoms with Crippen LogP contribution in [0.25, 0.3) is 10.9 Å². The van der Waals surface area contributed by atoms with Gasteiger partial charge in [-0.05, 0) is 42.5 Å². The molecule has 7 heteroatoms. The molecule has 1 aromatic heterocycles. The van der Waals surface area contributed by atoms with E-state index in [1.807, 2.05) is 23.1 Å². The molecule has 2 aromatic rings. The Morgan fingerprint density at radius 3 is 2.66 bits per heavy atom. The second-order valence-electron chi connectivity index (χ2n) is 9.89. The number of benzene rings is 1. The molecule has 32 heavy (non-hydrogen) atoms. The summed E-state index contributed by atoms with van der Waals surface area (Å²) in [5.74, 6) is -1.75. The zero-order chi connectivity index (χ0) is 22.3. The van der Waals surface area contributed by atoms with Crippen molar-refractivity contribution >= 4 is 28.4 Å². The Morgan fingerprint density at radius 2 is 1.91 bits per heavy atom. The van der Waals surface area contributed by atoms with Gasteiger partial charge in [-0.15, -0.1) is 0 Å². The van der Waals surface area contributed by atoms with Gasteiger partial charge in [0.1, 0.15) is 0 Å². The van der Waals surface area contributed by atoms with Crippen molar-refractivity contribution in [1.82, 2.24) is 14.8 Å². The Bertz CT molecular complexity index is 975. The summed E-state index contributed by atoms with van der Waals surface area (Å²) in [5.41, 5.74) is 3.55. The SMILES string of the molecule is O=C(CCN1CCC(F)(F)CC1)N1CCc2c([nH]c3ccc(Cl)cc23)C1CC1CCCC1. The molecule has 0 bridgehead atoms. The Labute approximate surface area is 193 Å². The Balaban J connectivity index is 1.34. The minimum atomic E-state index is -2.55. The van der Waals surface area contributed by atoms with Gasteiger partial charge in [-0.1, -0.05) is 37.3 Å². The predicted molar refractivity (Wildman–Crippen MR) is 123 cm³/mol. The summed E-state index contributed by atoms with van der Waals surface area (Å²) in [6.07, 6.45) is 7.04. The van der Waals surface area contributed by atoms with Gasteiger partial charge in [0, 0.05) is 67.1 Å². The normalized spacial score (nSPS) is 24.2. The molecule has 2 aliphatic heterocycles. The monoisotopic (exact) mass is 463 g/mol. The fraction of sp³-hybridized carbons (Fsp3) is 0.640. The minimum absolute atomic E-state index is 0.0613. The van der Waals surface area contributed by atoms with Gasteiger partial charge in [0.2, 0.25) is 5.91 Å². The number of hydrogen-bond acceptors (Lipinski definition) is 2. The molecule has 1 unspecified atom stereocenters. The van der Waals surface area contributed by atoms with E-state index in [9.17, 15) is 13.6 Å². The average Bonchev–Trinajstić information content (AvgIpc) is 3.41. The Morgan fingerprint density at radius 1 is 1.16 bits per heavy atom. The van der Waals surface area contributed by atoms with E-state index in [1.54, 1.807) is 0 Å². The van der Waals surface area contributed by atoms with Gasteiger partial charge in [0.15, 0.2) is 0 Å². The summed E-state index contributed by atoms with van der Waals surface area (Å²) in [6, 6.07) is 6.03. The Kier molecular flexibility index (Phi) is 6.19. The lowest BCUT2D eigenvalue weighted by molar-refractivity contribution is -0.135. The first-order chi connectivity index (χ1) is 15.4. The number of aromatic amines is 1. The third kappa shape index (κ3) is 4.54. The van der Waals surface area contributed by atoms with Crippen molar-refractivity contribution < 1.29 is 13.6 Å². The molecule has 0 radical (unpaired) electrons. The summed E-state index contributed by atoms with van der Waals surface area (Å²) in [7, 11) is 0. The summed E-state index contributed by atoms with van der Waals surface area (Å²) < 4.78 is 26.9. The number of fused-ring (bicyclic) bond motifs is 3. The molecule has 0 spiro atoms. The number of nitrogens with one attached hydrogen (secondary N) is 1. The van der Waals surface area contributed by atoms with Crippen molar-refractivity contribution in [3.8, 4) is 0 Å². The second kappa shape index (κ2) is 8.94. The van der Waals surface area contributed by atoms with Gasteiger partial charge < -0.3 is 14.8 Å². The number of likely N-dealkylation sites (tertiary alicyclic amines) is 1. The number of alkyl halides is 2. The van der Waals surface area contributed by atoms with Crippen LogP contribution in [0.15, 0.2) is 18.2 Å². The van der Waals surface area contributed by atoms with E-state index in [0.29, 0.717) is 38.5 Å². The number of rotatable bonds is 5.